The lowest BCUT2D eigenvalue weighted by atomic mass is 9.95. The van der Waals surface area contributed by atoms with Gasteiger partial charge < -0.3 is 5.32 Å². The van der Waals surface area contributed by atoms with Crippen LogP contribution in [0, 0.1) is 6.92 Å². The lowest BCUT2D eigenvalue weighted by Crippen LogP contribution is -2.50. The summed E-state index contributed by atoms with van der Waals surface area (Å²) < 4.78 is 41.1. The Bertz CT molecular complexity index is 920. The predicted octanol–water partition coefficient (Wildman–Crippen LogP) is 5.70. The maximum atomic E-state index is 13.7. The van der Waals surface area contributed by atoms with E-state index in [-0.39, 0.29) is 11.7 Å². The molecule has 1 aliphatic rings. The topological polar surface area (TPSA) is 49.4 Å². The SMILES string of the molecule is CCc1ccccc1N(C(=O)C(F)(F)F)[C@H](C(=O)NC1CCCCC1)c1ccc(C)s1. The predicted molar refractivity (Wildman–Crippen MR) is 116 cm³/mol. The molecule has 31 heavy (non-hydrogen) atoms. The first-order chi connectivity index (χ1) is 14.7. The molecule has 8 heteroatoms. The van der Waals surface area contributed by atoms with Crippen LogP contribution in [0.3, 0.4) is 0 Å². The number of para-hydroxylation sites is 1. The normalized spacial score (nSPS) is 16.0. The first kappa shape index (κ1) is 23.3. The Hall–Kier alpha value is -2.35. The summed E-state index contributed by atoms with van der Waals surface area (Å²) in [6, 6.07) is 8.37. The smallest absolute Gasteiger partial charge is 0.351 e. The second-order valence-corrected chi connectivity index (χ2v) is 9.17. The summed E-state index contributed by atoms with van der Waals surface area (Å²) in [7, 11) is 0. The Kier molecular flexibility index (Phi) is 7.41. The number of hydrogen-bond acceptors (Lipinski definition) is 3. The van der Waals surface area contributed by atoms with Crippen molar-refractivity contribution < 1.29 is 22.8 Å². The zero-order valence-electron chi connectivity index (χ0n) is 17.7. The Labute approximate surface area is 184 Å². The van der Waals surface area contributed by atoms with Crippen molar-refractivity contribution >= 4 is 28.8 Å². The van der Waals surface area contributed by atoms with Crippen LogP contribution in [0.15, 0.2) is 36.4 Å². The van der Waals surface area contributed by atoms with E-state index >= 15 is 0 Å². The van der Waals surface area contributed by atoms with Gasteiger partial charge in [-0.25, -0.2) is 0 Å². The second-order valence-electron chi connectivity index (χ2n) is 7.85. The van der Waals surface area contributed by atoms with Crippen LogP contribution in [0.2, 0.25) is 0 Å². The van der Waals surface area contributed by atoms with Crippen molar-refractivity contribution in [2.75, 3.05) is 4.90 Å². The summed E-state index contributed by atoms with van der Waals surface area (Å²) in [5, 5.41) is 2.93. The van der Waals surface area contributed by atoms with E-state index in [1.54, 1.807) is 30.3 Å². The standard InChI is InChI=1S/C23H27F3N2O2S/c1-3-16-9-7-8-12-18(16)28(22(30)23(24,25)26)20(19-14-13-15(2)31-19)21(29)27-17-10-5-4-6-11-17/h7-9,12-14,17,20H,3-6,10-11H2,1-2H3,(H,27,29)/t20-/m0/s1. The minimum Gasteiger partial charge on any atom is -0.351 e. The van der Waals surface area contributed by atoms with Crippen LogP contribution >= 0.6 is 11.3 Å². The molecule has 4 nitrogen and oxygen atoms in total. The van der Waals surface area contributed by atoms with Crippen LogP contribution in [0.5, 0.6) is 0 Å². The minimum absolute atomic E-state index is 0.0888. The number of aryl methyl sites for hydroxylation is 2. The largest absolute Gasteiger partial charge is 0.471 e. The third-order valence-corrected chi connectivity index (χ3v) is 6.64. The lowest BCUT2D eigenvalue weighted by Gasteiger charge is -2.34. The highest BCUT2D eigenvalue weighted by Gasteiger charge is 2.48. The third-order valence-electron chi connectivity index (χ3n) is 5.58. The first-order valence-electron chi connectivity index (χ1n) is 10.6. The molecule has 1 heterocycles. The van der Waals surface area contributed by atoms with Crippen molar-refractivity contribution in [2.45, 2.75) is 70.6 Å². The van der Waals surface area contributed by atoms with E-state index in [9.17, 15) is 22.8 Å². The minimum atomic E-state index is -5.11. The van der Waals surface area contributed by atoms with Crippen LogP contribution in [-0.2, 0) is 16.0 Å². The van der Waals surface area contributed by atoms with Crippen LogP contribution in [0.4, 0.5) is 18.9 Å². The van der Waals surface area contributed by atoms with Gasteiger partial charge in [0.2, 0.25) is 5.91 Å². The monoisotopic (exact) mass is 452 g/mol. The number of nitrogens with zero attached hydrogens (tertiary/aromatic N) is 1. The van der Waals surface area contributed by atoms with Crippen molar-refractivity contribution in [1.82, 2.24) is 5.32 Å². The molecule has 2 amide bonds. The highest BCUT2D eigenvalue weighted by molar-refractivity contribution is 7.12. The Morgan fingerprint density at radius 2 is 1.81 bits per heavy atom. The summed E-state index contributed by atoms with van der Waals surface area (Å²) in [5.74, 6) is -2.61. The maximum Gasteiger partial charge on any atom is 0.471 e. The number of alkyl halides is 3. The molecule has 2 aromatic rings. The van der Waals surface area contributed by atoms with E-state index < -0.39 is 24.0 Å². The highest BCUT2D eigenvalue weighted by atomic mass is 32.1. The summed E-state index contributed by atoms with van der Waals surface area (Å²) >= 11 is 1.23. The van der Waals surface area contributed by atoms with E-state index in [0.717, 1.165) is 37.0 Å². The molecule has 1 atom stereocenters. The number of benzene rings is 1. The molecule has 3 rings (SSSR count). The second kappa shape index (κ2) is 9.85. The highest BCUT2D eigenvalue weighted by Crippen LogP contribution is 2.37. The summed E-state index contributed by atoms with van der Waals surface area (Å²) in [5.41, 5.74) is 0.686. The van der Waals surface area contributed by atoms with Crippen molar-refractivity contribution in [3.63, 3.8) is 0 Å². The molecule has 0 spiro atoms. The number of amides is 2. The van der Waals surface area contributed by atoms with Gasteiger partial charge in [-0.15, -0.1) is 11.3 Å². The average Bonchev–Trinajstić information content (AvgIpc) is 3.17. The summed E-state index contributed by atoms with van der Waals surface area (Å²) in [4.78, 5) is 28.0. The van der Waals surface area contributed by atoms with Crippen molar-refractivity contribution in [1.29, 1.82) is 0 Å². The van der Waals surface area contributed by atoms with Crippen LogP contribution in [-0.4, -0.2) is 24.0 Å². The molecule has 0 radical (unpaired) electrons. The molecule has 168 valence electrons. The number of thiophene rings is 1. The Morgan fingerprint density at radius 1 is 1.13 bits per heavy atom. The van der Waals surface area contributed by atoms with E-state index in [1.807, 2.05) is 13.8 Å². The Morgan fingerprint density at radius 3 is 2.39 bits per heavy atom. The first-order valence-corrected chi connectivity index (χ1v) is 11.4. The Balaban J connectivity index is 2.10. The molecule has 1 saturated carbocycles. The van der Waals surface area contributed by atoms with Crippen molar-refractivity contribution in [3.05, 3.63) is 51.7 Å². The van der Waals surface area contributed by atoms with Gasteiger partial charge >= 0.3 is 12.1 Å². The van der Waals surface area contributed by atoms with E-state index in [1.165, 1.54) is 17.4 Å². The van der Waals surface area contributed by atoms with Gasteiger partial charge in [0.1, 0.15) is 0 Å². The molecule has 1 N–H and O–H groups in total. The van der Waals surface area contributed by atoms with Gasteiger partial charge in [0.15, 0.2) is 6.04 Å². The number of halogens is 3. The van der Waals surface area contributed by atoms with E-state index in [0.29, 0.717) is 21.8 Å². The number of anilines is 1. The van der Waals surface area contributed by atoms with Gasteiger partial charge in [0, 0.05) is 21.5 Å². The lowest BCUT2D eigenvalue weighted by molar-refractivity contribution is -0.171. The number of carbonyl (C=O) groups is 2. The molecule has 1 aliphatic carbocycles. The fourth-order valence-corrected chi connectivity index (χ4v) is 5.02. The molecule has 0 aliphatic heterocycles. The van der Waals surface area contributed by atoms with Gasteiger partial charge in [0.25, 0.3) is 0 Å². The number of carbonyl (C=O) groups excluding carboxylic acids is 2. The molecule has 0 saturated heterocycles. The number of nitrogens with one attached hydrogen (secondary N) is 1. The van der Waals surface area contributed by atoms with Gasteiger partial charge in [-0.05, 0) is 49.9 Å². The quantitative estimate of drug-likeness (QED) is 0.611. The zero-order chi connectivity index (χ0) is 22.6. The fourth-order valence-electron chi connectivity index (χ4n) is 4.05. The molecule has 0 bridgehead atoms. The van der Waals surface area contributed by atoms with E-state index in [2.05, 4.69) is 5.32 Å². The molecule has 1 aromatic heterocycles. The van der Waals surface area contributed by atoms with Crippen molar-refractivity contribution in [3.8, 4) is 0 Å². The van der Waals surface area contributed by atoms with Crippen LogP contribution in [0.25, 0.3) is 0 Å². The maximum absolute atomic E-state index is 13.7. The molecule has 1 aromatic carbocycles. The van der Waals surface area contributed by atoms with Gasteiger partial charge in [0.05, 0.1) is 0 Å². The van der Waals surface area contributed by atoms with Crippen LogP contribution < -0.4 is 10.2 Å². The van der Waals surface area contributed by atoms with Crippen molar-refractivity contribution in [2.24, 2.45) is 0 Å². The molecular formula is C23H27F3N2O2S. The zero-order valence-corrected chi connectivity index (χ0v) is 18.5. The van der Waals surface area contributed by atoms with Gasteiger partial charge in [-0.2, -0.15) is 13.2 Å². The molecular weight excluding hydrogens is 425 g/mol. The molecule has 0 unspecified atom stereocenters. The molecule has 1 fully saturated rings. The van der Waals surface area contributed by atoms with E-state index in [4.69, 9.17) is 0 Å². The third kappa shape index (κ3) is 5.47. The van der Waals surface area contributed by atoms with Crippen LogP contribution in [0.1, 0.15) is 60.4 Å². The summed E-state index contributed by atoms with van der Waals surface area (Å²) in [6.45, 7) is 3.63. The number of hydrogen-bond donors (Lipinski definition) is 1. The number of rotatable bonds is 6. The fraction of sp³-hybridized carbons (Fsp3) is 0.478. The van der Waals surface area contributed by atoms with Gasteiger partial charge in [-0.3, -0.25) is 14.5 Å². The average molecular weight is 453 g/mol. The summed E-state index contributed by atoms with van der Waals surface area (Å²) in [6.07, 6.45) is -0.0756. The van der Waals surface area contributed by atoms with Gasteiger partial charge in [-0.1, -0.05) is 44.4 Å².